The summed E-state index contributed by atoms with van der Waals surface area (Å²) in [6.45, 7) is 10.3. The summed E-state index contributed by atoms with van der Waals surface area (Å²) in [4.78, 5) is 13.8. The largest absolute Gasteiger partial charge is 0.376 e. The SMILES string of the molecule is CC(=O)Nc1ccc(CN2CCC(CCc3ccccc3)(C3OCC3(C)C)C2)cc1. The fourth-order valence-electron chi connectivity index (χ4n) is 5.37. The molecule has 4 nitrogen and oxygen atoms in total. The summed E-state index contributed by atoms with van der Waals surface area (Å²) in [5, 5.41) is 2.84. The van der Waals surface area contributed by atoms with Crippen molar-refractivity contribution in [2.45, 2.75) is 52.7 Å². The molecule has 2 aliphatic heterocycles. The summed E-state index contributed by atoms with van der Waals surface area (Å²) in [5.41, 5.74) is 4.03. The van der Waals surface area contributed by atoms with Crippen molar-refractivity contribution in [1.29, 1.82) is 0 Å². The maximum atomic E-state index is 11.2. The van der Waals surface area contributed by atoms with Gasteiger partial charge >= 0.3 is 0 Å². The first-order valence-corrected chi connectivity index (χ1v) is 11.1. The maximum absolute atomic E-state index is 11.2. The molecule has 1 amide bonds. The van der Waals surface area contributed by atoms with Crippen molar-refractivity contribution in [2.24, 2.45) is 10.8 Å². The highest BCUT2D eigenvalue weighted by Crippen LogP contribution is 2.51. The average molecular weight is 407 g/mol. The predicted octanol–water partition coefficient (Wildman–Crippen LogP) is 4.89. The first-order valence-electron chi connectivity index (χ1n) is 11.1. The van der Waals surface area contributed by atoms with Gasteiger partial charge in [-0.2, -0.15) is 0 Å². The topological polar surface area (TPSA) is 41.6 Å². The lowest BCUT2D eigenvalue weighted by Gasteiger charge is -2.54. The van der Waals surface area contributed by atoms with Gasteiger partial charge < -0.3 is 10.1 Å². The Balaban J connectivity index is 1.44. The Hall–Kier alpha value is -2.17. The van der Waals surface area contributed by atoms with E-state index in [0.29, 0.717) is 6.10 Å². The van der Waals surface area contributed by atoms with Crippen LogP contribution in [0.3, 0.4) is 0 Å². The van der Waals surface area contributed by atoms with E-state index in [1.807, 2.05) is 12.1 Å². The number of carbonyl (C=O) groups is 1. The number of carbonyl (C=O) groups excluding carboxylic acids is 1. The summed E-state index contributed by atoms with van der Waals surface area (Å²) >= 11 is 0. The molecule has 30 heavy (non-hydrogen) atoms. The molecular weight excluding hydrogens is 372 g/mol. The molecule has 2 fully saturated rings. The van der Waals surface area contributed by atoms with Gasteiger partial charge in [0.25, 0.3) is 0 Å². The Morgan fingerprint density at radius 2 is 1.83 bits per heavy atom. The molecule has 0 saturated carbocycles. The molecule has 4 heteroatoms. The Morgan fingerprint density at radius 1 is 1.10 bits per heavy atom. The third kappa shape index (κ3) is 4.60. The van der Waals surface area contributed by atoms with Gasteiger partial charge in [-0.3, -0.25) is 9.69 Å². The summed E-state index contributed by atoms with van der Waals surface area (Å²) in [6, 6.07) is 19.1. The van der Waals surface area contributed by atoms with E-state index in [2.05, 4.69) is 66.5 Å². The molecule has 0 aromatic heterocycles. The van der Waals surface area contributed by atoms with Gasteiger partial charge in [0, 0.05) is 36.5 Å². The van der Waals surface area contributed by atoms with Crippen LogP contribution < -0.4 is 5.32 Å². The lowest BCUT2D eigenvalue weighted by molar-refractivity contribution is -0.223. The van der Waals surface area contributed by atoms with Gasteiger partial charge in [0.2, 0.25) is 5.91 Å². The monoisotopic (exact) mass is 406 g/mol. The van der Waals surface area contributed by atoms with Crippen LogP contribution in [-0.2, 0) is 22.5 Å². The second-order valence-corrected chi connectivity index (χ2v) is 9.87. The first kappa shape index (κ1) is 21.1. The van der Waals surface area contributed by atoms with Gasteiger partial charge in [0.05, 0.1) is 12.7 Å². The van der Waals surface area contributed by atoms with E-state index >= 15 is 0 Å². The Kier molecular flexibility index (Phi) is 5.99. The van der Waals surface area contributed by atoms with Gasteiger partial charge in [0.15, 0.2) is 0 Å². The van der Waals surface area contributed by atoms with Gasteiger partial charge in [-0.15, -0.1) is 0 Å². The normalized spacial score (nSPS) is 25.6. The zero-order valence-corrected chi connectivity index (χ0v) is 18.5. The zero-order valence-electron chi connectivity index (χ0n) is 18.5. The minimum absolute atomic E-state index is 0.0337. The summed E-state index contributed by atoms with van der Waals surface area (Å²) in [6.07, 6.45) is 3.80. The Bertz CT molecular complexity index is 862. The summed E-state index contributed by atoms with van der Waals surface area (Å²) < 4.78 is 6.21. The average Bonchev–Trinajstić information content (AvgIpc) is 3.11. The number of amides is 1. The quantitative estimate of drug-likeness (QED) is 0.711. The molecule has 2 atom stereocenters. The third-order valence-electron chi connectivity index (χ3n) is 6.79. The van der Waals surface area contributed by atoms with E-state index in [0.717, 1.165) is 38.3 Å². The molecule has 0 spiro atoms. The van der Waals surface area contributed by atoms with Gasteiger partial charge in [-0.05, 0) is 49.1 Å². The van der Waals surface area contributed by atoms with Crippen molar-refractivity contribution in [2.75, 3.05) is 25.0 Å². The lowest BCUT2D eigenvalue weighted by Crippen LogP contribution is -2.58. The van der Waals surface area contributed by atoms with Crippen molar-refractivity contribution < 1.29 is 9.53 Å². The number of nitrogens with one attached hydrogen (secondary N) is 1. The molecule has 0 aliphatic carbocycles. The number of likely N-dealkylation sites (tertiary alicyclic amines) is 1. The van der Waals surface area contributed by atoms with Crippen LogP contribution >= 0.6 is 0 Å². The number of hydrogen-bond donors (Lipinski definition) is 1. The molecule has 2 aliphatic rings. The molecule has 2 aromatic carbocycles. The van der Waals surface area contributed by atoms with Crippen LogP contribution in [0.25, 0.3) is 0 Å². The van der Waals surface area contributed by atoms with Gasteiger partial charge in [0.1, 0.15) is 0 Å². The molecule has 2 unspecified atom stereocenters. The van der Waals surface area contributed by atoms with E-state index in [4.69, 9.17) is 4.74 Å². The molecule has 4 rings (SSSR count). The molecule has 2 aromatic rings. The Labute approximate surface area is 180 Å². The van der Waals surface area contributed by atoms with E-state index in [9.17, 15) is 4.79 Å². The predicted molar refractivity (Wildman–Crippen MR) is 121 cm³/mol. The molecule has 160 valence electrons. The van der Waals surface area contributed by atoms with E-state index in [1.165, 1.54) is 30.9 Å². The van der Waals surface area contributed by atoms with Crippen LogP contribution in [0.15, 0.2) is 54.6 Å². The molecule has 0 bridgehead atoms. The first-order chi connectivity index (χ1) is 14.4. The van der Waals surface area contributed by atoms with Crippen molar-refractivity contribution in [3.63, 3.8) is 0 Å². The van der Waals surface area contributed by atoms with Crippen LogP contribution in [-0.4, -0.2) is 36.6 Å². The van der Waals surface area contributed by atoms with E-state index < -0.39 is 0 Å². The molecular formula is C26H34N2O2. The van der Waals surface area contributed by atoms with Crippen LogP contribution in [0.4, 0.5) is 5.69 Å². The highest BCUT2D eigenvalue weighted by molar-refractivity contribution is 5.88. The van der Waals surface area contributed by atoms with Crippen LogP contribution in [0.2, 0.25) is 0 Å². The highest BCUT2D eigenvalue weighted by atomic mass is 16.5. The molecule has 2 saturated heterocycles. The fraction of sp³-hybridized carbons (Fsp3) is 0.500. The fourth-order valence-corrected chi connectivity index (χ4v) is 5.37. The highest BCUT2D eigenvalue weighted by Gasteiger charge is 2.55. The number of benzene rings is 2. The van der Waals surface area contributed by atoms with Crippen LogP contribution in [0.5, 0.6) is 0 Å². The second-order valence-electron chi connectivity index (χ2n) is 9.87. The summed E-state index contributed by atoms with van der Waals surface area (Å²) in [5.74, 6) is -0.0337. The smallest absolute Gasteiger partial charge is 0.221 e. The number of rotatable bonds is 7. The minimum atomic E-state index is -0.0337. The van der Waals surface area contributed by atoms with Crippen molar-refractivity contribution in [3.8, 4) is 0 Å². The van der Waals surface area contributed by atoms with E-state index in [-0.39, 0.29) is 16.7 Å². The van der Waals surface area contributed by atoms with Crippen LogP contribution in [0, 0.1) is 10.8 Å². The number of nitrogens with zero attached hydrogens (tertiary/aromatic N) is 1. The van der Waals surface area contributed by atoms with Crippen molar-refractivity contribution in [1.82, 2.24) is 4.90 Å². The number of aryl methyl sites for hydroxylation is 1. The number of ether oxygens (including phenoxy) is 1. The molecule has 1 N–H and O–H groups in total. The lowest BCUT2D eigenvalue weighted by atomic mass is 9.64. The zero-order chi connectivity index (χ0) is 21.2. The number of hydrogen-bond acceptors (Lipinski definition) is 3. The maximum Gasteiger partial charge on any atom is 0.221 e. The van der Waals surface area contributed by atoms with Gasteiger partial charge in [-0.25, -0.2) is 0 Å². The van der Waals surface area contributed by atoms with Crippen molar-refractivity contribution >= 4 is 11.6 Å². The number of anilines is 1. The molecule has 0 radical (unpaired) electrons. The standard InChI is InChI=1S/C26H34N2O2/c1-20(29)27-23-11-9-22(10-12-23)17-28-16-15-26(18-28,24-25(2,3)19-30-24)14-13-21-7-5-4-6-8-21/h4-12,24H,13-19H2,1-3H3,(H,27,29). The van der Waals surface area contributed by atoms with Crippen molar-refractivity contribution in [3.05, 3.63) is 65.7 Å². The molecule has 2 heterocycles. The van der Waals surface area contributed by atoms with Gasteiger partial charge in [-0.1, -0.05) is 56.3 Å². The third-order valence-corrected chi connectivity index (χ3v) is 6.79. The minimum Gasteiger partial charge on any atom is -0.376 e. The summed E-state index contributed by atoms with van der Waals surface area (Å²) in [7, 11) is 0. The van der Waals surface area contributed by atoms with Crippen LogP contribution in [0.1, 0.15) is 44.7 Å². The second kappa shape index (κ2) is 8.52. The van der Waals surface area contributed by atoms with E-state index in [1.54, 1.807) is 0 Å². The Morgan fingerprint density at radius 3 is 2.43 bits per heavy atom.